The second kappa shape index (κ2) is 9.90. The molecule has 3 aromatic rings. The average Bonchev–Trinajstić information content (AvgIpc) is 3.30. The number of hydroxylamine groups is 2. The number of hydrogen-bond donors (Lipinski definition) is 2. The molecule has 2 N–H and O–H groups in total. The highest BCUT2D eigenvalue weighted by Crippen LogP contribution is 2.38. The second-order valence-electron chi connectivity index (χ2n) is 8.70. The van der Waals surface area contributed by atoms with E-state index >= 15 is 0 Å². The number of hydrogen-bond acceptors (Lipinski definition) is 5. The highest BCUT2D eigenvalue weighted by Gasteiger charge is 2.31. The SMILES string of the molecule is CC(C)N(O)C(=O)N1CCC(c2nc(-c3ccc(CO)cc3)c(-c3ccc(F)c(F)c3)o2)CC1. The van der Waals surface area contributed by atoms with E-state index in [0.717, 1.165) is 22.8 Å². The Morgan fingerprint density at radius 1 is 1.12 bits per heavy atom. The van der Waals surface area contributed by atoms with Crippen molar-refractivity contribution in [2.45, 2.75) is 45.3 Å². The minimum absolute atomic E-state index is 0.0789. The van der Waals surface area contributed by atoms with Crippen molar-refractivity contribution in [3.05, 3.63) is 65.6 Å². The van der Waals surface area contributed by atoms with Gasteiger partial charge >= 0.3 is 6.03 Å². The number of amides is 2. The number of piperidine rings is 1. The summed E-state index contributed by atoms with van der Waals surface area (Å²) in [7, 11) is 0. The van der Waals surface area contributed by atoms with Crippen LogP contribution in [0.25, 0.3) is 22.6 Å². The first-order valence-corrected chi connectivity index (χ1v) is 11.2. The van der Waals surface area contributed by atoms with Crippen LogP contribution in [0.1, 0.15) is 44.1 Å². The molecule has 2 aromatic carbocycles. The van der Waals surface area contributed by atoms with Gasteiger partial charge in [-0.15, -0.1) is 0 Å². The third-order valence-electron chi connectivity index (χ3n) is 6.04. The summed E-state index contributed by atoms with van der Waals surface area (Å²) in [6, 6.07) is 9.91. The van der Waals surface area contributed by atoms with Crippen molar-refractivity contribution < 1.29 is 28.3 Å². The third kappa shape index (κ3) is 4.80. The standard InChI is InChI=1S/C25H27F2N3O4/c1-15(2)30(33)25(32)29-11-9-18(10-12-29)24-28-22(17-5-3-16(14-31)4-6-17)23(34-24)19-7-8-20(26)21(27)13-19/h3-8,13,15,18,31,33H,9-12,14H2,1-2H3. The number of rotatable bonds is 5. The van der Waals surface area contributed by atoms with Gasteiger partial charge in [-0.05, 0) is 50.5 Å². The smallest absolute Gasteiger partial charge is 0.343 e. The predicted octanol–water partition coefficient (Wildman–Crippen LogP) is 5.18. The molecule has 1 aliphatic heterocycles. The van der Waals surface area contributed by atoms with Crippen LogP contribution in [-0.4, -0.2) is 50.4 Å². The van der Waals surface area contributed by atoms with Crippen LogP contribution in [0, 0.1) is 11.6 Å². The molecule has 2 amide bonds. The lowest BCUT2D eigenvalue weighted by Gasteiger charge is -2.33. The maximum absolute atomic E-state index is 14.0. The molecule has 0 radical (unpaired) electrons. The second-order valence-corrected chi connectivity index (χ2v) is 8.70. The molecule has 9 heteroatoms. The molecular formula is C25H27F2N3O4. The molecule has 1 fully saturated rings. The first-order chi connectivity index (χ1) is 16.3. The fraction of sp³-hybridized carbons (Fsp3) is 0.360. The number of oxazole rings is 1. The van der Waals surface area contributed by atoms with Crippen LogP contribution in [0.3, 0.4) is 0 Å². The van der Waals surface area contributed by atoms with Crippen molar-refractivity contribution in [2.75, 3.05) is 13.1 Å². The maximum atomic E-state index is 14.0. The van der Waals surface area contributed by atoms with E-state index in [2.05, 4.69) is 0 Å². The Balaban J connectivity index is 1.63. The molecular weight excluding hydrogens is 444 g/mol. The van der Waals surface area contributed by atoms with Crippen molar-refractivity contribution in [1.82, 2.24) is 14.9 Å². The van der Waals surface area contributed by atoms with Gasteiger partial charge in [-0.2, -0.15) is 0 Å². The molecule has 0 saturated carbocycles. The fourth-order valence-electron chi connectivity index (χ4n) is 3.99. The summed E-state index contributed by atoms with van der Waals surface area (Å²) in [4.78, 5) is 18.7. The summed E-state index contributed by atoms with van der Waals surface area (Å²) in [6.45, 7) is 4.21. The Morgan fingerprint density at radius 2 is 1.76 bits per heavy atom. The zero-order chi connectivity index (χ0) is 24.4. The first kappa shape index (κ1) is 23.8. The van der Waals surface area contributed by atoms with E-state index in [9.17, 15) is 23.9 Å². The number of halogens is 2. The lowest BCUT2D eigenvalue weighted by atomic mass is 9.97. The monoisotopic (exact) mass is 471 g/mol. The molecule has 2 heterocycles. The van der Waals surface area contributed by atoms with Crippen molar-refractivity contribution in [3.63, 3.8) is 0 Å². The molecule has 0 atom stereocenters. The summed E-state index contributed by atoms with van der Waals surface area (Å²) < 4.78 is 33.6. The van der Waals surface area contributed by atoms with E-state index in [4.69, 9.17) is 9.40 Å². The van der Waals surface area contributed by atoms with Gasteiger partial charge < -0.3 is 14.4 Å². The lowest BCUT2D eigenvalue weighted by Crippen LogP contribution is -2.47. The fourth-order valence-corrected chi connectivity index (χ4v) is 3.99. The Bertz CT molecular complexity index is 1160. The van der Waals surface area contributed by atoms with Crippen molar-refractivity contribution in [2.24, 2.45) is 0 Å². The molecule has 34 heavy (non-hydrogen) atoms. The predicted molar refractivity (Wildman–Crippen MR) is 121 cm³/mol. The Morgan fingerprint density at radius 3 is 2.35 bits per heavy atom. The van der Waals surface area contributed by atoms with Crippen LogP contribution >= 0.6 is 0 Å². The Kier molecular flexibility index (Phi) is 6.95. The van der Waals surface area contributed by atoms with Gasteiger partial charge in [-0.25, -0.2) is 23.6 Å². The van der Waals surface area contributed by atoms with Gasteiger partial charge in [-0.1, -0.05) is 24.3 Å². The highest BCUT2D eigenvalue weighted by atomic mass is 19.2. The first-order valence-electron chi connectivity index (χ1n) is 11.2. The minimum atomic E-state index is -0.984. The van der Waals surface area contributed by atoms with Crippen molar-refractivity contribution >= 4 is 6.03 Å². The van der Waals surface area contributed by atoms with Crippen LogP contribution in [-0.2, 0) is 6.61 Å². The van der Waals surface area contributed by atoms with Gasteiger partial charge in [0.05, 0.1) is 12.6 Å². The zero-order valence-electron chi connectivity index (χ0n) is 19.0. The van der Waals surface area contributed by atoms with E-state index < -0.39 is 17.7 Å². The van der Waals surface area contributed by atoms with Crippen LogP contribution in [0.4, 0.5) is 13.6 Å². The topological polar surface area (TPSA) is 90.0 Å². The molecule has 1 aliphatic rings. The normalized spacial score (nSPS) is 14.6. The summed E-state index contributed by atoms with van der Waals surface area (Å²) in [5, 5.41) is 20.0. The number of aromatic nitrogens is 1. The van der Waals surface area contributed by atoms with Crippen LogP contribution in [0.15, 0.2) is 46.9 Å². The number of carbonyl (C=O) groups is 1. The molecule has 1 saturated heterocycles. The van der Waals surface area contributed by atoms with E-state index in [1.807, 2.05) is 0 Å². The lowest BCUT2D eigenvalue weighted by molar-refractivity contribution is -0.0815. The van der Waals surface area contributed by atoms with Crippen LogP contribution in [0.5, 0.6) is 0 Å². The average molecular weight is 472 g/mol. The molecule has 1 aromatic heterocycles. The van der Waals surface area contributed by atoms with Gasteiger partial charge in [-0.3, -0.25) is 5.21 Å². The number of aliphatic hydroxyl groups is 1. The van der Waals surface area contributed by atoms with Crippen LogP contribution in [0.2, 0.25) is 0 Å². The summed E-state index contributed by atoms with van der Waals surface area (Å²) >= 11 is 0. The van der Waals surface area contributed by atoms with Gasteiger partial charge in [0.25, 0.3) is 0 Å². The quantitative estimate of drug-likeness (QED) is 0.395. The third-order valence-corrected chi connectivity index (χ3v) is 6.04. The van der Waals surface area contributed by atoms with Crippen molar-refractivity contribution in [1.29, 1.82) is 0 Å². The van der Waals surface area contributed by atoms with Crippen LogP contribution < -0.4 is 0 Å². The highest BCUT2D eigenvalue weighted by molar-refractivity contribution is 5.77. The summed E-state index contributed by atoms with van der Waals surface area (Å²) in [6.07, 6.45) is 1.16. The molecule has 180 valence electrons. The molecule has 0 unspecified atom stereocenters. The summed E-state index contributed by atoms with van der Waals surface area (Å²) in [5.74, 6) is -1.23. The van der Waals surface area contributed by atoms with Crippen molar-refractivity contribution in [3.8, 4) is 22.6 Å². The van der Waals surface area contributed by atoms with E-state index in [0.29, 0.717) is 54.4 Å². The van der Waals surface area contributed by atoms with E-state index in [1.54, 1.807) is 43.0 Å². The minimum Gasteiger partial charge on any atom is -0.440 e. The number of benzene rings is 2. The number of carbonyl (C=O) groups excluding carboxylic acids is 1. The van der Waals surface area contributed by atoms with Gasteiger partial charge in [0.2, 0.25) is 0 Å². The number of nitrogens with zero attached hydrogens (tertiary/aromatic N) is 3. The maximum Gasteiger partial charge on any atom is 0.343 e. The van der Waals surface area contributed by atoms with Gasteiger partial charge in [0.1, 0.15) is 5.69 Å². The Labute approximate surface area is 196 Å². The van der Waals surface area contributed by atoms with E-state index in [1.165, 1.54) is 6.07 Å². The van der Waals surface area contributed by atoms with Gasteiger partial charge in [0, 0.05) is 30.1 Å². The number of likely N-dealkylation sites (tertiary alicyclic amines) is 1. The molecule has 0 aliphatic carbocycles. The van der Waals surface area contributed by atoms with E-state index in [-0.39, 0.29) is 18.6 Å². The summed E-state index contributed by atoms with van der Waals surface area (Å²) in [5.41, 5.74) is 2.30. The number of urea groups is 1. The number of aliphatic hydroxyl groups excluding tert-OH is 1. The van der Waals surface area contributed by atoms with Gasteiger partial charge in [0.15, 0.2) is 23.3 Å². The zero-order valence-corrected chi connectivity index (χ0v) is 19.0. The largest absolute Gasteiger partial charge is 0.440 e. The molecule has 0 bridgehead atoms. The molecule has 0 spiro atoms. The molecule has 7 nitrogen and oxygen atoms in total. The molecule has 4 rings (SSSR count). The Hall–Kier alpha value is -3.30.